The highest BCUT2D eigenvalue weighted by Gasteiger charge is 2.28. The van der Waals surface area contributed by atoms with Crippen molar-refractivity contribution in [3.8, 4) is 0 Å². The smallest absolute Gasteiger partial charge is 0.407 e. The van der Waals surface area contributed by atoms with E-state index in [1.165, 1.54) is 12.2 Å². The van der Waals surface area contributed by atoms with Crippen molar-refractivity contribution >= 4 is 17.9 Å². The molecule has 21 heavy (non-hydrogen) atoms. The Balaban J connectivity index is 4.24. The summed E-state index contributed by atoms with van der Waals surface area (Å²) in [5.74, 6) is 1.63. The van der Waals surface area contributed by atoms with Gasteiger partial charge in [-0.15, -0.1) is 0 Å². The molecule has 0 aliphatic heterocycles. The summed E-state index contributed by atoms with van der Waals surface area (Å²) in [4.78, 5) is 11.8. The fraction of sp³-hybridized carbons (Fsp3) is 0.938. The van der Waals surface area contributed by atoms with E-state index in [1.807, 2.05) is 32.5 Å². The molecule has 0 rings (SSSR count). The van der Waals surface area contributed by atoms with Crippen molar-refractivity contribution in [1.82, 2.24) is 10.6 Å². The average molecular weight is 319 g/mol. The first kappa shape index (κ1) is 20.6. The van der Waals surface area contributed by atoms with Gasteiger partial charge in [0.2, 0.25) is 0 Å². The number of hydrogen-bond acceptors (Lipinski definition) is 4. The molecule has 1 atom stereocenters. The fourth-order valence-corrected chi connectivity index (χ4v) is 2.28. The van der Waals surface area contributed by atoms with Crippen LogP contribution in [0.3, 0.4) is 0 Å². The fourth-order valence-electron chi connectivity index (χ4n) is 1.79. The van der Waals surface area contributed by atoms with Crippen LogP contribution >= 0.6 is 11.8 Å². The molecule has 2 N–H and O–H groups in total. The molecule has 0 aromatic rings. The average Bonchev–Trinajstić information content (AvgIpc) is 2.34. The Morgan fingerprint density at radius 1 is 1.19 bits per heavy atom. The van der Waals surface area contributed by atoms with Crippen LogP contribution in [0.4, 0.5) is 4.79 Å². The molecule has 0 saturated heterocycles. The van der Waals surface area contributed by atoms with Crippen molar-refractivity contribution in [2.75, 3.05) is 25.1 Å². The van der Waals surface area contributed by atoms with E-state index in [0.717, 1.165) is 13.0 Å². The van der Waals surface area contributed by atoms with Gasteiger partial charge in [0.05, 0.1) is 0 Å². The lowest BCUT2D eigenvalue weighted by molar-refractivity contribution is 0.0503. The molecule has 0 saturated carbocycles. The second-order valence-corrected chi connectivity index (χ2v) is 8.04. The van der Waals surface area contributed by atoms with Crippen LogP contribution in [0, 0.1) is 5.92 Å². The predicted octanol–water partition coefficient (Wildman–Crippen LogP) is 3.66. The van der Waals surface area contributed by atoms with E-state index in [4.69, 9.17) is 4.74 Å². The standard InChI is InChI=1S/C16H34N2O2S/c1-13(2)16(6,18-10-8-9-11-21-7)12-17-14(19)20-15(3,4)5/h13,18H,8-12H2,1-7H3,(H,17,19). The Hall–Kier alpha value is -0.420. The Morgan fingerprint density at radius 3 is 2.29 bits per heavy atom. The molecule has 1 amide bonds. The van der Waals surface area contributed by atoms with E-state index >= 15 is 0 Å². The summed E-state index contributed by atoms with van der Waals surface area (Å²) < 4.78 is 5.29. The molecule has 0 aromatic carbocycles. The monoisotopic (exact) mass is 318 g/mol. The first-order valence-electron chi connectivity index (χ1n) is 7.81. The van der Waals surface area contributed by atoms with Gasteiger partial charge >= 0.3 is 6.09 Å². The number of hydrogen-bond donors (Lipinski definition) is 2. The summed E-state index contributed by atoms with van der Waals surface area (Å²) in [7, 11) is 0. The maximum atomic E-state index is 11.8. The van der Waals surface area contributed by atoms with Gasteiger partial charge < -0.3 is 15.4 Å². The normalized spacial score (nSPS) is 14.9. The summed E-state index contributed by atoms with van der Waals surface area (Å²) in [6, 6.07) is 0. The lowest BCUT2D eigenvalue weighted by Gasteiger charge is -2.35. The van der Waals surface area contributed by atoms with Crippen molar-refractivity contribution in [3.63, 3.8) is 0 Å². The Kier molecular flexibility index (Phi) is 9.38. The molecular formula is C16H34N2O2S. The lowest BCUT2D eigenvalue weighted by atomic mass is 9.88. The third kappa shape index (κ3) is 10.0. The second-order valence-electron chi connectivity index (χ2n) is 7.05. The van der Waals surface area contributed by atoms with Crippen LogP contribution in [0.25, 0.3) is 0 Å². The first-order chi connectivity index (χ1) is 9.60. The van der Waals surface area contributed by atoms with Gasteiger partial charge in [0.15, 0.2) is 0 Å². The van der Waals surface area contributed by atoms with Gasteiger partial charge in [-0.05, 0) is 65.0 Å². The van der Waals surface area contributed by atoms with E-state index in [0.29, 0.717) is 12.5 Å². The molecule has 0 fully saturated rings. The molecule has 4 nitrogen and oxygen atoms in total. The number of alkyl carbamates (subject to hydrolysis) is 1. The molecule has 0 aliphatic carbocycles. The van der Waals surface area contributed by atoms with Gasteiger partial charge in [-0.3, -0.25) is 0 Å². The van der Waals surface area contributed by atoms with Gasteiger partial charge in [-0.25, -0.2) is 4.79 Å². The van der Waals surface area contributed by atoms with Gasteiger partial charge in [0.25, 0.3) is 0 Å². The van der Waals surface area contributed by atoms with Crippen LogP contribution < -0.4 is 10.6 Å². The number of ether oxygens (including phenoxy) is 1. The van der Waals surface area contributed by atoms with Crippen LogP contribution in [-0.4, -0.2) is 42.3 Å². The van der Waals surface area contributed by atoms with Crippen molar-refractivity contribution in [2.45, 2.75) is 65.5 Å². The SMILES string of the molecule is CSCCCCNC(C)(CNC(=O)OC(C)(C)C)C(C)C. The minimum atomic E-state index is -0.455. The summed E-state index contributed by atoms with van der Waals surface area (Å²) in [6.07, 6.45) is 4.17. The summed E-state index contributed by atoms with van der Waals surface area (Å²) in [5, 5.41) is 6.48. The zero-order valence-corrected chi connectivity index (χ0v) is 15.7. The van der Waals surface area contributed by atoms with E-state index in [2.05, 4.69) is 37.7 Å². The van der Waals surface area contributed by atoms with Crippen molar-refractivity contribution in [2.24, 2.45) is 5.92 Å². The molecule has 1 unspecified atom stereocenters. The number of carbonyl (C=O) groups excluding carboxylic acids is 1. The summed E-state index contributed by atoms with van der Waals surface area (Å²) in [6.45, 7) is 13.7. The van der Waals surface area contributed by atoms with Gasteiger partial charge in [-0.2, -0.15) is 11.8 Å². The van der Waals surface area contributed by atoms with Crippen molar-refractivity contribution in [3.05, 3.63) is 0 Å². The molecule has 0 bridgehead atoms. The third-order valence-electron chi connectivity index (χ3n) is 3.58. The zero-order chi connectivity index (χ0) is 16.5. The summed E-state index contributed by atoms with van der Waals surface area (Å²) in [5.41, 5.74) is -0.570. The van der Waals surface area contributed by atoms with E-state index in [9.17, 15) is 4.79 Å². The molecule has 0 radical (unpaired) electrons. The number of unbranched alkanes of at least 4 members (excludes halogenated alkanes) is 1. The van der Waals surface area contributed by atoms with Gasteiger partial charge in [-0.1, -0.05) is 13.8 Å². The highest BCUT2D eigenvalue weighted by atomic mass is 32.2. The number of rotatable bonds is 9. The van der Waals surface area contributed by atoms with Crippen molar-refractivity contribution in [1.29, 1.82) is 0 Å². The van der Waals surface area contributed by atoms with E-state index in [-0.39, 0.29) is 11.6 Å². The predicted molar refractivity (Wildman–Crippen MR) is 93.1 cm³/mol. The Bertz CT molecular complexity index is 303. The second kappa shape index (κ2) is 9.57. The zero-order valence-electron chi connectivity index (χ0n) is 14.8. The lowest BCUT2D eigenvalue weighted by Crippen LogP contribution is -2.55. The number of carbonyl (C=O) groups is 1. The topological polar surface area (TPSA) is 50.4 Å². The third-order valence-corrected chi connectivity index (χ3v) is 4.27. The molecule has 126 valence electrons. The number of nitrogens with one attached hydrogen (secondary N) is 2. The molecule has 0 aliphatic rings. The maximum Gasteiger partial charge on any atom is 0.407 e. The molecule has 5 heteroatoms. The largest absolute Gasteiger partial charge is 0.444 e. The quantitative estimate of drug-likeness (QED) is 0.637. The Morgan fingerprint density at radius 2 is 1.81 bits per heavy atom. The van der Waals surface area contributed by atoms with E-state index in [1.54, 1.807) is 0 Å². The highest BCUT2D eigenvalue weighted by molar-refractivity contribution is 7.98. The highest BCUT2D eigenvalue weighted by Crippen LogP contribution is 2.16. The number of thioether (sulfide) groups is 1. The van der Waals surface area contributed by atoms with Crippen LogP contribution in [0.1, 0.15) is 54.4 Å². The van der Waals surface area contributed by atoms with Gasteiger partial charge in [0, 0.05) is 12.1 Å². The minimum Gasteiger partial charge on any atom is -0.444 e. The van der Waals surface area contributed by atoms with Crippen LogP contribution in [0.15, 0.2) is 0 Å². The van der Waals surface area contributed by atoms with Crippen molar-refractivity contribution < 1.29 is 9.53 Å². The Labute approximate surface area is 135 Å². The summed E-state index contributed by atoms with van der Waals surface area (Å²) >= 11 is 1.88. The van der Waals surface area contributed by atoms with E-state index < -0.39 is 5.60 Å². The number of amides is 1. The van der Waals surface area contributed by atoms with Crippen LogP contribution in [0.5, 0.6) is 0 Å². The minimum absolute atomic E-state index is 0.115. The van der Waals surface area contributed by atoms with Crippen LogP contribution in [0.2, 0.25) is 0 Å². The first-order valence-corrected chi connectivity index (χ1v) is 9.21. The molecular weight excluding hydrogens is 284 g/mol. The molecule has 0 heterocycles. The van der Waals surface area contributed by atoms with Gasteiger partial charge in [0.1, 0.15) is 5.60 Å². The molecule has 0 spiro atoms. The van der Waals surface area contributed by atoms with Crippen LogP contribution in [-0.2, 0) is 4.74 Å². The maximum absolute atomic E-state index is 11.8. The molecule has 0 aromatic heterocycles.